The lowest BCUT2D eigenvalue weighted by Gasteiger charge is -2.60. The van der Waals surface area contributed by atoms with Crippen molar-refractivity contribution in [2.75, 3.05) is 30.3 Å². The summed E-state index contributed by atoms with van der Waals surface area (Å²) in [5, 5.41) is 0. The van der Waals surface area contributed by atoms with Crippen LogP contribution in [0.3, 0.4) is 0 Å². The molecule has 2 bridgehead atoms. The Balaban J connectivity index is 1.17. The number of anilines is 2. The van der Waals surface area contributed by atoms with E-state index in [1.807, 2.05) is 6.92 Å². The van der Waals surface area contributed by atoms with Crippen molar-refractivity contribution in [2.24, 2.45) is 23.7 Å². The quantitative estimate of drug-likeness (QED) is 0.253. The first-order valence-electron chi connectivity index (χ1n) is 14.6. The molecular formula is C29H40N4O8S. The molecule has 230 valence electrons. The van der Waals surface area contributed by atoms with Gasteiger partial charge in [0.15, 0.2) is 23.9 Å². The van der Waals surface area contributed by atoms with Gasteiger partial charge in [-0.1, -0.05) is 13.8 Å². The Hall–Kier alpha value is -2.55. The number of nitrogen functional groups attached to an aromatic ring is 1. The van der Waals surface area contributed by atoms with Gasteiger partial charge in [0.1, 0.15) is 0 Å². The van der Waals surface area contributed by atoms with Crippen LogP contribution in [0.25, 0.3) is 0 Å². The van der Waals surface area contributed by atoms with E-state index in [1.54, 1.807) is 12.1 Å². The third-order valence-electron chi connectivity index (χ3n) is 9.43. The lowest BCUT2D eigenvalue weighted by atomic mass is 9.58. The van der Waals surface area contributed by atoms with Gasteiger partial charge < -0.3 is 24.7 Å². The fourth-order valence-corrected chi connectivity index (χ4v) is 8.52. The van der Waals surface area contributed by atoms with E-state index >= 15 is 0 Å². The second-order valence-corrected chi connectivity index (χ2v) is 13.9. The number of ether oxygens (including phenoxy) is 4. The van der Waals surface area contributed by atoms with Crippen LogP contribution < -0.4 is 14.8 Å². The average molecular weight is 605 g/mol. The molecule has 0 amide bonds. The van der Waals surface area contributed by atoms with Crippen LogP contribution in [0, 0.1) is 23.7 Å². The smallest absolute Gasteiger partial charge is 0.266 e. The van der Waals surface area contributed by atoms with Crippen LogP contribution in [0.2, 0.25) is 0 Å². The van der Waals surface area contributed by atoms with Crippen LogP contribution in [-0.4, -0.2) is 62.6 Å². The Morgan fingerprint density at radius 3 is 2.52 bits per heavy atom. The van der Waals surface area contributed by atoms with Crippen molar-refractivity contribution >= 4 is 21.7 Å². The molecule has 2 N–H and O–H groups in total. The molecule has 0 radical (unpaired) electrons. The van der Waals surface area contributed by atoms with Gasteiger partial charge in [-0.15, -0.1) is 0 Å². The first kappa shape index (κ1) is 29.5. The Morgan fingerprint density at radius 2 is 1.81 bits per heavy atom. The van der Waals surface area contributed by atoms with Gasteiger partial charge in [0.25, 0.3) is 10.0 Å². The number of benzene rings is 1. The molecule has 13 heteroatoms. The number of sulfonamides is 1. The lowest BCUT2D eigenvalue weighted by molar-refractivity contribution is -0.577. The van der Waals surface area contributed by atoms with Gasteiger partial charge in [-0.25, -0.2) is 32.5 Å². The number of nitrogens with two attached hydrogens (primary N) is 1. The van der Waals surface area contributed by atoms with E-state index in [0.29, 0.717) is 23.8 Å². The number of methoxy groups -OCH3 is 1. The predicted molar refractivity (Wildman–Crippen MR) is 151 cm³/mol. The van der Waals surface area contributed by atoms with Gasteiger partial charge in [-0.05, 0) is 68.7 Å². The third-order valence-corrected chi connectivity index (χ3v) is 11.2. The fraction of sp³-hybridized carbons (Fsp3) is 0.655. The number of hydrogen-bond donors (Lipinski definition) is 1. The zero-order chi connectivity index (χ0) is 29.7. The fourth-order valence-electron chi connectivity index (χ4n) is 7.11. The molecule has 1 saturated carbocycles. The normalized spacial score (nSPS) is 35.7. The molecule has 5 fully saturated rings. The van der Waals surface area contributed by atoms with Crippen molar-refractivity contribution in [3.05, 3.63) is 36.7 Å². The lowest BCUT2D eigenvalue weighted by Crippen LogP contribution is -2.70. The maximum Gasteiger partial charge on any atom is 0.266 e. The van der Waals surface area contributed by atoms with Crippen molar-refractivity contribution < 1.29 is 37.1 Å². The van der Waals surface area contributed by atoms with E-state index in [4.69, 9.17) is 34.5 Å². The SMILES string of the molecule is COc1cnc(N(CCCO[C@H]2O[C@@H]3O[C@@]4(C)CCC5[C@H](C)CC[C@@H]([C@H]2C)[C@]53OO4)S(=O)(=O)c2ccc(N)cc2)nc1. The standard InChI is InChI=1S/C29H40N4O8S/c1-18-6-11-24-19(2)25(38-26-29(24)23(18)12-13-28(3,39-26)40-41-29)37-15-5-14-33(27-31-16-21(36-4)17-32-27)42(34,35)22-9-7-20(30)8-10-22/h7-10,16-19,23-26H,5-6,11-15,30H2,1-4H3/t18-,19-,23?,24+,25+,26-,28-,29-/m1/s1. The molecule has 4 saturated heterocycles. The van der Waals surface area contributed by atoms with Crippen molar-refractivity contribution in [1.82, 2.24) is 9.97 Å². The van der Waals surface area contributed by atoms with E-state index in [9.17, 15) is 8.42 Å². The number of hydrogen-bond acceptors (Lipinski definition) is 11. The highest BCUT2D eigenvalue weighted by Gasteiger charge is 2.69. The summed E-state index contributed by atoms with van der Waals surface area (Å²) >= 11 is 0. The first-order valence-corrected chi connectivity index (χ1v) is 16.1. The van der Waals surface area contributed by atoms with Crippen LogP contribution in [0.5, 0.6) is 5.75 Å². The molecule has 1 aromatic heterocycles. The van der Waals surface area contributed by atoms with Gasteiger partial charge in [-0.3, -0.25) is 0 Å². The van der Waals surface area contributed by atoms with Gasteiger partial charge in [0.2, 0.25) is 11.7 Å². The van der Waals surface area contributed by atoms with Crippen LogP contribution >= 0.6 is 0 Å². The highest BCUT2D eigenvalue weighted by Crippen LogP contribution is 2.60. The van der Waals surface area contributed by atoms with Gasteiger partial charge in [0.05, 0.1) is 31.0 Å². The minimum Gasteiger partial charge on any atom is -0.494 e. The molecule has 2 aromatic rings. The maximum absolute atomic E-state index is 13.7. The number of rotatable bonds is 9. The van der Waals surface area contributed by atoms with Crippen molar-refractivity contribution in [3.63, 3.8) is 0 Å². The Bertz CT molecular complexity index is 1360. The summed E-state index contributed by atoms with van der Waals surface area (Å²) in [6.07, 6.45) is 5.85. The highest BCUT2D eigenvalue weighted by molar-refractivity contribution is 7.92. The van der Waals surface area contributed by atoms with Gasteiger partial charge in [-0.2, -0.15) is 0 Å². The Labute approximate surface area is 246 Å². The Kier molecular flexibility index (Phi) is 7.86. The van der Waals surface area contributed by atoms with Crippen molar-refractivity contribution in [1.29, 1.82) is 0 Å². The third kappa shape index (κ3) is 5.03. The summed E-state index contributed by atoms with van der Waals surface area (Å²) in [5.74, 6) is 0.491. The Morgan fingerprint density at radius 1 is 1.07 bits per heavy atom. The maximum atomic E-state index is 13.7. The molecule has 4 aliphatic heterocycles. The average Bonchev–Trinajstić information content (AvgIpc) is 3.21. The highest BCUT2D eigenvalue weighted by atomic mass is 32.2. The molecule has 1 aliphatic carbocycles. The second-order valence-electron chi connectivity index (χ2n) is 12.1. The molecule has 7 rings (SSSR count). The molecule has 1 aromatic carbocycles. The summed E-state index contributed by atoms with van der Waals surface area (Å²) in [5.41, 5.74) is 5.59. The van der Waals surface area contributed by atoms with Crippen LogP contribution in [0.4, 0.5) is 11.6 Å². The number of fused-ring (bicyclic) bond motifs is 2. The molecule has 1 unspecified atom stereocenters. The van der Waals surface area contributed by atoms with E-state index in [-0.39, 0.29) is 41.7 Å². The van der Waals surface area contributed by atoms with E-state index < -0.39 is 34.0 Å². The van der Waals surface area contributed by atoms with Gasteiger partial charge in [0, 0.05) is 30.5 Å². The topological polar surface area (TPSA) is 145 Å². The van der Waals surface area contributed by atoms with Crippen molar-refractivity contribution in [2.45, 2.75) is 81.7 Å². The van der Waals surface area contributed by atoms with Crippen LogP contribution in [-0.2, 0) is 34.0 Å². The first-order chi connectivity index (χ1) is 20.1. The zero-order valence-corrected chi connectivity index (χ0v) is 25.3. The monoisotopic (exact) mass is 604 g/mol. The summed E-state index contributed by atoms with van der Waals surface area (Å²) in [4.78, 5) is 20.7. The number of nitrogens with zero attached hydrogens (tertiary/aromatic N) is 3. The predicted octanol–water partition coefficient (Wildman–Crippen LogP) is 3.88. The summed E-state index contributed by atoms with van der Waals surface area (Å²) in [6.45, 7) is 6.63. The second kappa shape index (κ2) is 11.2. The molecule has 5 aliphatic rings. The van der Waals surface area contributed by atoms with Gasteiger partial charge >= 0.3 is 0 Å². The van der Waals surface area contributed by atoms with E-state index in [0.717, 1.165) is 25.7 Å². The molecule has 1 spiro atoms. The molecule has 12 nitrogen and oxygen atoms in total. The van der Waals surface area contributed by atoms with Crippen LogP contribution in [0.1, 0.15) is 52.9 Å². The van der Waals surface area contributed by atoms with E-state index in [2.05, 4.69) is 23.8 Å². The minimum atomic E-state index is -3.98. The summed E-state index contributed by atoms with van der Waals surface area (Å²) in [7, 11) is -2.49. The van der Waals surface area contributed by atoms with Crippen molar-refractivity contribution in [3.8, 4) is 5.75 Å². The molecule has 5 heterocycles. The number of aromatic nitrogens is 2. The minimum absolute atomic E-state index is 0.0189. The largest absolute Gasteiger partial charge is 0.494 e. The summed E-state index contributed by atoms with van der Waals surface area (Å²) in [6, 6.07) is 6.03. The van der Waals surface area contributed by atoms with E-state index in [1.165, 1.54) is 35.9 Å². The van der Waals surface area contributed by atoms with Crippen LogP contribution in [0.15, 0.2) is 41.6 Å². The molecular weight excluding hydrogens is 564 g/mol. The molecule has 8 atom stereocenters. The zero-order valence-electron chi connectivity index (χ0n) is 24.5. The summed E-state index contributed by atoms with van der Waals surface area (Å²) < 4.78 is 52.8. The molecule has 42 heavy (non-hydrogen) atoms.